The minimum atomic E-state index is -0.375. The predicted octanol–water partition coefficient (Wildman–Crippen LogP) is 5.50. The SMILES string of the molecule is COCCOC(=O)c1c(C)n(CCC2=CCCCC2)c2c1cc(O)c1ccccc12. The fourth-order valence-electron chi connectivity index (χ4n) is 4.53. The van der Waals surface area contributed by atoms with Crippen LogP contribution in [0.15, 0.2) is 42.0 Å². The Labute approximate surface area is 176 Å². The quantitative estimate of drug-likeness (QED) is 0.319. The van der Waals surface area contributed by atoms with Crippen LogP contribution < -0.4 is 0 Å². The second-order valence-corrected chi connectivity index (χ2v) is 7.94. The van der Waals surface area contributed by atoms with Gasteiger partial charge >= 0.3 is 5.97 Å². The molecule has 0 radical (unpaired) electrons. The molecule has 0 atom stereocenters. The molecule has 4 rings (SSSR count). The second kappa shape index (κ2) is 8.92. The number of allylic oxidation sites excluding steroid dienone is 2. The fraction of sp³-hybridized carbons (Fsp3) is 0.400. The zero-order chi connectivity index (χ0) is 21.1. The largest absolute Gasteiger partial charge is 0.507 e. The summed E-state index contributed by atoms with van der Waals surface area (Å²) in [7, 11) is 1.58. The van der Waals surface area contributed by atoms with Gasteiger partial charge in [0.25, 0.3) is 0 Å². The number of benzene rings is 2. The van der Waals surface area contributed by atoms with Gasteiger partial charge in [-0.25, -0.2) is 4.79 Å². The zero-order valence-corrected chi connectivity index (χ0v) is 17.7. The first-order valence-electron chi connectivity index (χ1n) is 10.7. The van der Waals surface area contributed by atoms with Crippen molar-refractivity contribution >= 4 is 27.6 Å². The number of ether oxygens (including phenoxy) is 2. The number of fused-ring (bicyclic) bond motifs is 3. The molecule has 1 heterocycles. The second-order valence-electron chi connectivity index (χ2n) is 7.94. The minimum absolute atomic E-state index is 0.177. The summed E-state index contributed by atoms with van der Waals surface area (Å²) in [5, 5.41) is 13.1. The van der Waals surface area contributed by atoms with Crippen molar-refractivity contribution < 1.29 is 19.4 Å². The van der Waals surface area contributed by atoms with Crippen molar-refractivity contribution in [3.05, 3.63) is 53.2 Å². The summed E-state index contributed by atoms with van der Waals surface area (Å²) in [5.74, 6) is -0.198. The number of phenols is 1. The highest BCUT2D eigenvalue weighted by atomic mass is 16.6. The van der Waals surface area contributed by atoms with Crippen molar-refractivity contribution in [2.45, 2.75) is 45.6 Å². The Morgan fingerprint density at radius 1 is 1.13 bits per heavy atom. The van der Waals surface area contributed by atoms with Gasteiger partial charge in [0.05, 0.1) is 17.7 Å². The van der Waals surface area contributed by atoms with E-state index in [1.165, 1.54) is 18.4 Å². The van der Waals surface area contributed by atoms with E-state index < -0.39 is 0 Å². The topological polar surface area (TPSA) is 60.7 Å². The van der Waals surface area contributed by atoms with Crippen LogP contribution in [0.5, 0.6) is 5.75 Å². The number of carbonyl (C=O) groups excluding carboxylic acids is 1. The maximum atomic E-state index is 12.9. The summed E-state index contributed by atoms with van der Waals surface area (Å²) in [6, 6.07) is 9.51. The van der Waals surface area contributed by atoms with Gasteiger partial charge < -0.3 is 19.1 Å². The molecule has 5 heteroatoms. The molecular formula is C25H29NO4. The predicted molar refractivity (Wildman–Crippen MR) is 119 cm³/mol. The summed E-state index contributed by atoms with van der Waals surface area (Å²) in [4.78, 5) is 12.9. The van der Waals surface area contributed by atoms with Crippen LogP contribution in [0, 0.1) is 6.92 Å². The first kappa shape index (κ1) is 20.5. The maximum Gasteiger partial charge on any atom is 0.340 e. The van der Waals surface area contributed by atoms with Crippen LogP contribution >= 0.6 is 0 Å². The maximum absolute atomic E-state index is 12.9. The molecule has 30 heavy (non-hydrogen) atoms. The van der Waals surface area contributed by atoms with Crippen molar-refractivity contribution in [3.8, 4) is 5.75 Å². The number of methoxy groups -OCH3 is 1. The Morgan fingerprint density at radius 3 is 2.67 bits per heavy atom. The van der Waals surface area contributed by atoms with Gasteiger partial charge in [0.2, 0.25) is 0 Å². The van der Waals surface area contributed by atoms with Crippen LogP contribution in [0.2, 0.25) is 0 Å². The smallest absolute Gasteiger partial charge is 0.340 e. The van der Waals surface area contributed by atoms with Crippen LogP contribution in [-0.2, 0) is 16.0 Å². The molecule has 1 aromatic heterocycles. The van der Waals surface area contributed by atoms with E-state index in [4.69, 9.17) is 9.47 Å². The molecule has 158 valence electrons. The highest BCUT2D eigenvalue weighted by molar-refractivity contribution is 6.16. The first-order chi connectivity index (χ1) is 14.6. The Kier molecular flexibility index (Phi) is 6.09. The molecule has 0 amide bonds. The van der Waals surface area contributed by atoms with Crippen molar-refractivity contribution in [2.24, 2.45) is 0 Å². The summed E-state index contributed by atoms with van der Waals surface area (Å²) in [5.41, 5.74) is 3.88. The van der Waals surface area contributed by atoms with Gasteiger partial charge in [-0.15, -0.1) is 0 Å². The lowest BCUT2D eigenvalue weighted by Gasteiger charge is -2.15. The van der Waals surface area contributed by atoms with E-state index in [1.54, 1.807) is 13.2 Å². The van der Waals surface area contributed by atoms with Gasteiger partial charge in [0.15, 0.2) is 0 Å². The van der Waals surface area contributed by atoms with E-state index >= 15 is 0 Å². The Hall–Kier alpha value is -2.79. The van der Waals surface area contributed by atoms with Gasteiger partial charge in [0, 0.05) is 35.5 Å². The lowest BCUT2D eigenvalue weighted by Crippen LogP contribution is -2.11. The number of carbonyl (C=O) groups is 1. The Morgan fingerprint density at radius 2 is 1.93 bits per heavy atom. The molecular weight excluding hydrogens is 378 g/mol. The molecule has 0 saturated heterocycles. The number of rotatable bonds is 7. The molecule has 0 aliphatic heterocycles. The molecule has 2 aromatic carbocycles. The third-order valence-corrected chi connectivity index (χ3v) is 6.07. The molecule has 5 nitrogen and oxygen atoms in total. The fourth-order valence-corrected chi connectivity index (χ4v) is 4.53. The van der Waals surface area contributed by atoms with Gasteiger partial charge in [-0.05, 0) is 45.1 Å². The summed E-state index contributed by atoms with van der Waals surface area (Å²) in [6.07, 6.45) is 8.19. The van der Waals surface area contributed by atoms with Gasteiger partial charge in [-0.1, -0.05) is 35.9 Å². The van der Waals surface area contributed by atoms with Gasteiger partial charge in [0.1, 0.15) is 12.4 Å². The Bertz CT molecular complexity index is 1110. The molecule has 0 fully saturated rings. The van der Waals surface area contributed by atoms with E-state index in [9.17, 15) is 9.90 Å². The first-order valence-corrected chi connectivity index (χ1v) is 10.7. The van der Waals surface area contributed by atoms with Crippen molar-refractivity contribution in [2.75, 3.05) is 20.3 Å². The standard InChI is InChI=1S/C25H29NO4/c1-17-23(25(28)30-15-14-29-2)21-16-22(27)19-10-6-7-11-20(19)24(21)26(17)13-12-18-8-4-3-5-9-18/h6-8,10-11,16,27H,3-5,9,12-15H2,1-2H3. The number of esters is 1. The number of aryl methyl sites for hydroxylation is 1. The monoisotopic (exact) mass is 407 g/mol. The zero-order valence-electron chi connectivity index (χ0n) is 17.7. The average Bonchev–Trinajstić information content (AvgIpc) is 3.04. The van der Waals surface area contributed by atoms with E-state index in [1.807, 2.05) is 31.2 Å². The van der Waals surface area contributed by atoms with Crippen molar-refractivity contribution in [1.82, 2.24) is 4.57 Å². The lowest BCUT2D eigenvalue weighted by atomic mass is 9.97. The molecule has 0 unspecified atom stereocenters. The van der Waals surface area contributed by atoms with E-state index in [0.29, 0.717) is 12.2 Å². The van der Waals surface area contributed by atoms with Crippen LogP contribution in [0.25, 0.3) is 21.7 Å². The normalized spacial score (nSPS) is 14.3. The minimum Gasteiger partial charge on any atom is -0.507 e. The molecule has 0 spiro atoms. The van der Waals surface area contributed by atoms with Crippen LogP contribution in [0.1, 0.15) is 48.2 Å². The van der Waals surface area contributed by atoms with E-state index in [-0.39, 0.29) is 18.3 Å². The number of hydrogen-bond donors (Lipinski definition) is 1. The number of hydrogen-bond acceptors (Lipinski definition) is 4. The van der Waals surface area contributed by atoms with Crippen LogP contribution in [-0.4, -0.2) is 36.0 Å². The van der Waals surface area contributed by atoms with Crippen molar-refractivity contribution in [3.63, 3.8) is 0 Å². The Balaban J connectivity index is 1.83. The third-order valence-electron chi connectivity index (χ3n) is 6.07. The van der Waals surface area contributed by atoms with Crippen LogP contribution in [0.3, 0.4) is 0 Å². The summed E-state index contributed by atoms with van der Waals surface area (Å²) < 4.78 is 12.7. The number of phenolic OH excluding ortho intramolecular Hbond substituents is 1. The lowest BCUT2D eigenvalue weighted by molar-refractivity contribution is 0.0389. The highest BCUT2D eigenvalue weighted by Gasteiger charge is 2.24. The van der Waals surface area contributed by atoms with Gasteiger partial charge in [-0.2, -0.15) is 0 Å². The molecule has 1 aliphatic rings. The molecule has 1 aliphatic carbocycles. The molecule has 3 aromatic rings. The van der Waals surface area contributed by atoms with E-state index in [0.717, 1.165) is 53.2 Å². The number of nitrogens with zero attached hydrogens (tertiary/aromatic N) is 1. The van der Waals surface area contributed by atoms with E-state index in [2.05, 4.69) is 10.6 Å². The number of aromatic hydroxyl groups is 1. The van der Waals surface area contributed by atoms with Crippen molar-refractivity contribution in [1.29, 1.82) is 0 Å². The molecule has 1 N–H and O–H groups in total. The summed E-state index contributed by atoms with van der Waals surface area (Å²) in [6.45, 7) is 3.32. The van der Waals surface area contributed by atoms with Gasteiger partial charge in [-0.3, -0.25) is 0 Å². The number of aromatic nitrogens is 1. The average molecular weight is 408 g/mol. The molecule has 0 bridgehead atoms. The highest BCUT2D eigenvalue weighted by Crippen LogP contribution is 2.38. The third kappa shape index (κ3) is 3.82. The van der Waals surface area contributed by atoms with Crippen LogP contribution in [0.4, 0.5) is 0 Å². The summed E-state index contributed by atoms with van der Waals surface area (Å²) >= 11 is 0. The molecule has 0 saturated carbocycles.